The number of nitrogens with zero attached hydrogens (tertiary/aromatic N) is 5. The number of rotatable bonds is 2. The molecule has 0 spiro atoms. The zero-order valence-electron chi connectivity index (χ0n) is 9.19. The topological polar surface area (TPSA) is 99.1 Å². The lowest BCUT2D eigenvalue weighted by atomic mass is 10.3. The smallest absolute Gasteiger partial charge is 0.267 e. The van der Waals surface area contributed by atoms with E-state index < -0.39 is 5.91 Å². The second-order valence-corrected chi connectivity index (χ2v) is 3.59. The molecule has 3 aromatic rings. The van der Waals surface area contributed by atoms with Gasteiger partial charge in [-0.3, -0.25) is 9.78 Å². The number of pyridine rings is 1. The number of aromatic nitrogens is 5. The van der Waals surface area contributed by atoms with Gasteiger partial charge in [0.25, 0.3) is 11.7 Å². The highest BCUT2D eigenvalue weighted by Crippen LogP contribution is 2.13. The highest BCUT2D eigenvalue weighted by molar-refractivity contribution is 5.91. The Morgan fingerprint density at radius 1 is 1.17 bits per heavy atom. The Hall–Kier alpha value is -2.83. The van der Waals surface area contributed by atoms with Crippen molar-refractivity contribution in [2.45, 2.75) is 0 Å². The Labute approximate surface area is 101 Å². The first-order valence-electron chi connectivity index (χ1n) is 5.18. The monoisotopic (exact) mass is 240 g/mol. The summed E-state index contributed by atoms with van der Waals surface area (Å²) in [6.07, 6.45) is 4.91. The van der Waals surface area contributed by atoms with Gasteiger partial charge in [-0.2, -0.15) is 4.98 Å². The van der Waals surface area contributed by atoms with Crippen LogP contribution in [0.15, 0.2) is 36.8 Å². The molecule has 0 aliphatic rings. The van der Waals surface area contributed by atoms with Crippen molar-refractivity contribution >= 4 is 11.7 Å². The lowest BCUT2D eigenvalue weighted by molar-refractivity contribution is 0.0995. The summed E-state index contributed by atoms with van der Waals surface area (Å²) in [5, 5.41) is 4.25. The average molecular weight is 240 g/mol. The van der Waals surface area contributed by atoms with Gasteiger partial charge in [0.1, 0.15) is 5.69 Å². The molecule has 0 unspecified atom stereocenters. The third-order valence-corrected chi connectivity index (χ3v) is 2.40. The molecule has 3 rings (SSSR count). The molecular formula is C11H8N6O. The van der Waals surface area contributed by atoms with E-state index in [4.69, 9.17) is 5.73 Å². The molecule has 0 aromatic carbocycles. The van der Waals surface area contributed by atoms with Crippen molar-refractivity contribution in [1.29, 1.82) is 0 Å². The normalized spacial score (nSPS) is 10.7. The molecule has 3 heterocycles. The quantitative estimate of drug-likeness (QED) is 0.693. The van der Waals surface area contributed by atoms with Crippen LogP contribution in [0.2, 0.25) is 0 Å². The summed E-state index contributed by atoms with van der Waals surface area (Å²) in [4.78, 5) is 23.2. The van der Waals surface area contributed by atoms with Crippen molar-refractivity contribution in [3.8, 4) is 11.4 Å². The predicted octanol–water partition coefficient (Wildman–Crippen LogP) is 0.285. The van der Waals surface area contributed by atoms with E-state index in [-0.39, 0.29) is 5.69 Å². The first-order chi connectivity index (χ1) is 8.74. The van der Waals surface area contributed by atoms with Crippen LogP contribution in [0.1, 0.15) is 10.5 Å². The van der Waals surface area contributed by atoms with Crippen molar-refractivity contribution in [3.05, 3.63) is 42.5 Å². The fraction of sp³-hybridized carbons (Fsp3) is 0. The van der Waals surface area contributed by atoms with Gasteiger partial charge in [-0.05, 0) is 18.2 Å². The van der Waals surface area contributed by atoms with Crippen molar-refractivity contribution in [2.24, 2.45) is 5.73 Å². The van der Waals surface area contributed by atoms with E-state index in [1.54, 1.807) is 30.7 Å². The summed E-state index contributed by atoms with van der Waals surface area (Å²) < 4.78 is 1.49. The van der Waals surface area contributed by atoms with Crippen LogP contribution < -0.4 is 5.73 Å². The maximum Gasteiger partial charge on any atom is 0.267 e. The van der Waals surface area contributed by atoms with Gasteiger partial charge in [-0.1, -0.05) is 0 Å². The fourth-order valence-electron chi connectivity index (χ4n) is 1.54. The minimum Gasteiger partial charge on any atom is -0.364 e. The van der Waals surface area contributed by atoms with Gasteiger partial charge in [0, 0.05) is 24.2 Å². The summed E-state index contributed by atoms with van der Waals surface area (Å²) in [5.41, 5.74) is 6.15. The van der Waals surface area contributed by atoms with E-state index in [9.17, 15) is 4.79 Å². The number of carbonyl (C=O) groups excluding carboxylic acids is 1. The molecular weight excluding hydrogens is 232 g/mol. The summed E-state index contributed by atoms with van der Waals surface area (Å²) in [6.45, 7) is 0. The van der Waals surface area contributed by atoms with Crippen molar-refractivity contribution in [1.82, 2.24) is 24.6 Å². The molecule has 0 aliphatic carbocycles. The maximum absolute atomic E-state index is 11.0. The summed E-state index contributed by atoms with van der Waals surface area (Å²) in [6, 6.07) is 5.09. The van der Waals surface area contributed by atoms with E-state index in [2.05, 4.69) is 20.1 Å². The Morgan fingerprint density at radius 3 is 2.67 bits per heavy atom. The standard InChI is InChI=1S/C11H8N6O/c12-9(18)8-3-6-17-11(14-8)15-10(16-17)7-1-4-13-5-2-7/h1-6H,(H2,12,18). The van der Waals surface area contributed by atoms with Crippen LogP contribution in [0.4, 0.5) is 0 Å². The molecule has 0 saturated heterocycles. The van der Waals surface area contributed by atoms with Crippen LogP contribution in [-0.2, 0) is 0 Å². The van der Waals surface area contributed by atoms with E-state index in [0.717, 1.165) is 5.56 Å². The molecule has 0 saturated carbocycles. The lowest BCUT2D eigenvalue weighted by Crippen LogP contribution is -2.13. The molecule has 7 nitrogen and oxygen atoms in total. The van der Waals surface area contributed by atoms with E-state index in [1.165, 1.54) is 10.6 Å². The second kappa shape index (κ2) is 3.88. The van der Waals surface area contributed by atoms with Gasteiger partial charge in [-0.25, -0.2) is 9.50 Å². The summed E-state index contributed by atoms with van der Waals surface area (Å²) >= 11 is 0. The Bertz CT molecular complexity index is 721. The lowest BCUT2D eigenvalue weighted by Gasteiger charge is -1.93. The predicted molar refractivity (Wildman–Crippen MR) is 62.5 cm³/mol. The number of nitrogens with two attached hydrogens (primary N) is 1. The van der Waals surface area contributed by atoms with Gasteiger partial charge < -0.3 is 5.73 Å². The molecule has 0 radical (unpaired) electrons. The second-order valence-electron chi connectivity index (χ2n) is 3.59. The fourth-order valence-corrected chi connectivity index (χ4v) is 1.54. The van der Waals surface area contributed by atoms with Crippen LogP contribution >= 0.6 is 0 Å². The average Bonchev–Trinajstić information content (AvgIpc) is 2.82. The van der Waals surface area contributed by atoms with Gasteiger partial charge in [0.15, 0.2) is 5.82 Å². The zero-order valence-corrected chi connectivity index (χ0v) is 9.19. The Balaban J connectivity index is 2.14. The number of amides is 1. The van der Waals surface area contributed by atoms with Gasteiger partial charge in [0.05, 0.1) is 0 Å². The Kier molecular flexibility index (Phi) is 2.23. The molecule has 0 fully saturated rings. The minimum atomic E-state index is -0.592. The highest BCUT2D eigenvalue weighted by atomic mass is 16.1. The first kappa shape index (κ1) is 10.3. The van der Waals surface area contributed by atoms with Gasteiger partial charge in [0.2, 0.25) is 0 Å². The summed E-state index contributed by atoms with van der Waals surface area (Å²) in [7, 11) is 0. The van der Waals surface area contributed by atoms with E-state index in [0.29, 0.717) is 11.6 Å². The maximum atomic E-state index is 11.0. The molecule has 18 heavy (non-hydrogen) atoms. The molecule has 1 amide bonds. The summed E-state index contributed by atoms with van der Waals surface area (Å²) in [5.74, 6) is 0.260. The van der Waals surface area contributed by atoms with Crippen LogP contribution in [0.5, 0.6) is 0 Å². The van der Waals surface area contributed by atoms with Crippen LogP contribution in [0.25, 0.3) is 17.2 Å². The number of primary amides is 1. The molecule has 88 valence electrons. The largest absolute Gasteiger partial charge is 0.364 e. The number of fused-ring (bicyclic) bond motifs is 1. The van der Waals surface area contributed by atoms with Crippen molar-refractivity contribution in [2.75, 3.05) is 0 Å². The highest BCUT2D eigenvalue weighted by Gasteiger charge is 2.09. The third kappa shape index (κ3) is 1.67. The van der Waals surface area contributed by atoms with E-state index in [1.807, 2.05) is 0 Å². The molecule has 3 aromatic heterocycles. The van der Waals surface area contributed by atoms with Crippen LogP contribution in [0.3, 0.4) is 0 Å². The van der Waals surface area contributed by atoms with Crippen molar-refractivity contribution < 1.29 is 4.79 Å². The molecule has 2 N–H and O–H groups in total. The van der Waals surface area contributed by atoms with Crippen molar-refractivity contribution in [3.63, 3.8) is 0 Å². The van der Waals surface area contributed by atoms with Crippen LogP contribution in [0, 0.1) is 0 Å². The van der Waals surface area contributed by atoms with E-state index >= 15 is 0 Å². The molecule has 0 bridgehead atoms. The SMILES string of the molecule is NC(=O)c1ccn2nc(-c3ccncc3)nc2n1. The van der Waals surface area contributed by atoms with Crippen LogP contribution in [-0.4, -0.2) is 30.5 Å². The number of hydrogen-bond donors (Lipinski definition) is 1. The first-order valence-corrected chi connectivity index (χ1v) is 5.18. The molecule has 0 atom stereocenters. The van der Waals surface area contributed by atoms with Gasteiger partial charge >= 0.3 is 0 Å². The number of carbonyl (C=O) groups is 1. The van der Waals surface area contributed by atoms with Gasteiger partial charge in [-0.15, -0.1) is 5.10 Å². The molecule has 7 heteroatoms. The minimum absolute atomic E-state index is 0.163. The third-order valence-electron chi connectivity index (χ3n) is 2.40. The molecule has 0 aliphatic heterocycles. The zero-order chi connectivity index (χ0) is 12.5. The Morgan fingerprint density at radius 2 is 1.94 bits per heavy atom. The number of hydrogen-bond acceptors (Lipinski definition) is 5.